The second-order valence-electron chi connectivity index (χ2n) is 8.72. The summed E-state index contributed by atoms with van der Waals surface area (Å²) in [6, 6.07) is 13.7. The molecule has 35 heavy (non-hydrogen) atoms. The number of halogens is 1. The molecule has 5 rings (SSSR count). The molecule has 0 N–H and O–H groups in total. The molecular formula is C26H28ClN5O2S. The number of anilines is 1. The highest BCUT2D eigenvalue weighted by Gasteiger charge is 2.26. The topological polar surface area (TPSA) is 63.5 Å². The molecule has 1 amide bonds. The van der Waals surface area contributed by atoms with Gasteiger partial charge in [0, 0.05) is 31.2 Å². The summed E-state index contributed by atoms with van der Waals surface area (Å²) in [6.45, 7) is 8.78. The van der Waals surface area contributed by atoms with Crippen molar-refractivity contribution < 1.29 is 9.53 Å². The Kier molecular flexibility index (Phi) is 7.15. The van der Waals surface area contributed by atoms with Crippen LogP contribution in [0.5, 0.6) is 0 Å². The molecule has 4 aromatic rings. The monoisotopic (exact) mass is 509 g/mol. The summed E-state index contributed by atoms with van der Waals surface area (Å²) in [5.41, 5.74) is 4.20. The number of aryl methyl sites for hydroxylation is 1. The molecule has 0 unspecified atom stereocenters. The predicted molar refractivity (Wildman–Crippen MR) is 141 cm³/mol. The molecule has 0 spiro atoms. The van der Waals surface area contributed by atoms with Crippen LogP contribution < -0.4 is 4.90 Å². The average molecular weight is 510 g/mol. The van der Waals surface area contributed by atoms with Crippen molar-refractivity contribution in [3.63, 3.8) is 0 Å². The van der Waals surface area contributed by atoms with E-state index in [0.717, 1.165) is 66.4 Å². The van der Waals surface area contributed by atoms with E-state index in [-0.39, 0.29) is 5.91 Å². The van der Waals surface area contributed by atoms with E-state index in [1.165, 1.54) is 11.3 Å². The number of hydrogen-bond donors (Lipinski definition) is 0. The first-order valence-electron chi connectivity index (χ1n) is 11.8. The Morgan fingerprint density at radius 3 is 2.71 bits per heavy atom. The number of rotatable bonds is 7. The minimum absolute atomic E-state index is 0.0885. The summed E-state index contributed by atoms with van der Waals surface area (Å²) >= 11 is 7.79. The molecule has 2 aromatic carbocycles. The van der Waals surface area contributed by atoms with E-state index in [4.69, 9.17) is 21.3 Å². The molecule has 3 heterocycles. The highest BCUT2D eigenvalue weighted by molar-refractivity contribution is 7.22. The number of thiazole rings is 1. The number of amides is 1. The number of carbonyl (C=O) groups is 1. The van der Waals surface area contributed by atoms with Crippen LogP contribution in [0.3, 0.4) is 0 Å². The van der Waals surface area contributed by atoms with Crippen molar-refractivity contribution in [1.29, 1.82) is 0 Å². The van der Waals surface area contributed by atoms with Gasteiger partial charge in [-0.15, -0.1) is 0 Å². The molecule has 1 fully saturated rings. The van der Waals surface area contributed by atoms with Gasteiger partial charge < -0.3 is 4.74 Å². The number of ether oxygens (including phenoxy) is 1. The molecule has 0 saturated carbocycles. The van der Waals surface area contributed by atoms with Crippen molar-refractivity contribution in [1.82, 2.24) is 19.7 Å². The summed E-state index contributed by atoms with van der Waals surface area (Å²) in [7, 11) is 0. The minimum atomic E-state index is -0.0885. The Hall–Kier alpha value is -2.78. The Morgan fingerprint density at radius 2 is 1.94 bits per heavy atom. The number of hydrogen-bond acceptors (Lipinski definition) is 6. The summed E-state index contributed by atoms with van der Waals surface area (Å²) in [6.07, 6.45) is 2.50. The second-order valence-corrected chi connectivity index (χ2v) is 10.2. The third kappa shape index (κ3) is 5.11. The number of nitrogens with zero attached hydrogens (tertiary/aromatic N) is 5. The van der Waals surface area contributed by atoms with Gasteiger partial charge in [0.2, 0.25) is 0 Å². The van der Waals surface area contributed by atoms with Crippen LogP contribution in [0.25, 0.3) is 15.9 Å². The molecule has 182 valence electrons. The normalized spacial score (nSPS) is 14.5. The smallest absolute Gasteiger partial charge is 0.263 e. The number of benzene rings is 2. The van der Waals surface area contributed by atoms with Crippen LogP contribution >= 0.6 is 22.9 Å². The number of fused-ring (bicyclic) bond motifs is 1. The lowest BCUT2D eigenvalue weighted by atomic mass is 10.2. The largest absolute Gasteiger partial charge is 0.379 e. The molecule has 1 aliphatic rings. The molecule has 0 aliphatic carbocycles. The summed E-state index contributed by atoms with van der Waals surface area (Å²) in [4.78, 5) is 23.0. The van der Waals surface area contributed by atoms with Gasteiger partial charge in [-0.3, -0.25) is 14.6 Å². The Morgan fingerprint density at radius 1 is 1.17 bits per heavy atom. The van der Waals surface area contributed by atoms with E-state index < -0.39 is 0 Å². The standard InChI is InChI=1S/C26H28ClN5O2S/c1-18-15-20(27)16-23-24(18)29-26(35-23)31(10-6-9-30-11-13-34-14-12-30)25(33)22-17-28-32(19(22)2)21-7-4-3-5-8-21/h3-5,7-8,15-17H,6,9-14H2,1-2H3. The van der Waals surface area contributed by atoms with Gasteiger partial charge in [0.15, 0.2) is 5.13 Å². The van der Waals surface area contributed by atoms with E-state index in [2.05, 4.69) is 10.00 Å². The molecular weight excluding hydrogens is 482 g/mol. The van der Waals surface area contributed by atoms with Crippen molar-refractivity contribution in [2.45, 2.75) is 20.3 Å². The van der Waals surface area contributed by atoms with Crippen LogP contribution in [-0.4, -0.2) is 65.0 Å². The zero-order valence-electron chi connectivity index (χ0n) is 19.9. The summed E-state index contributed by atoms with van der Waals surface area (Å²) in [5.74, 6) is -0.0885. The van der Waals surface area contributed by atoms with Crippen LogP contribution in [0.1, 0.15) is 28.0 Å². The van der Waals surface area contributed by atoms with Gasteiger partial charge in [0.25, 0.3) is 5.91 Å². The van der Waals surface area contributed by atoms with Crippen LogP contribution in [-0.2, 0) is 4.74 Å². The Balaban J connectivity index is 1.45. The maximum absolute atomic E-state index is 13.9. The first kappa shape index (κ1) is 23.9. The first-order valence-corrected chi connectivity index (χ1v) is 13.0. The summed E-state index contributed by atoms with van der Waals surface area (Å²) in [5, 5.41) is 5.88. The molecule has 1 aliphatic heterocycles. The van der Waals surface area contributed by atoms with Gasteiger partial charge in [-0.25, -0.2) is 9.67 Å². The van der Waals surface area contributed by atoms with Gasteiger partial charge in [-0.2, -0.15) is 5.10 Å². The molecule has 7 nitrogen and oxygen atoms in total. The maximum Gasteiger partial charge on any atom is 0.263 e. The van der Waals surface area contributed by atoms with Gasteiger partial charge in [-0.05, 0) is 50.1 Å². The molecule has 0 radical (unpaired) electrons. The lowest BCUT2D eigenvalue weighted by Crippen LogP contribution is -2.39. The molecule has 9 heteroatoms. The number of carbonyl (C=O) groups excluding carboxylic acids is 1. The first-order chi connectivity index (χ1) is 17.0. The maximum atomic E-state index is 13.9. The third-order valence-corrected chi connectivity index (χ3v) is 7.56. The van der Waals surface area contributed by atoms with Crippen molar-refractivity contribution in [3.05, 3.63) is 70.5 Å². The van der Waals surface area contributed by atoms with Gasteiger partial charge in [-0.1, -0.05) is 41.1 Å². The van der Waals surface area contributed by atoms with Crippen LogP contribution in [0.4, 0.5) is 5.13 Å². The Labute approximate surface area is 213 Å². The van der Waals surface area contributed by atoms with Gasteiger partial charge in [0.1, 0.15) is 0 Å². The van der Waals surface area contributed by atoms with Crippen LogP contribution in [0.15, 0.2) is 48.7 Å². The van der Waals surface area contributed by atoms with Crippen molar-refractivity contribution in [3.8, 4) is 5.69 Å². The van der Waals surface area contributed by atoms with Gasteiger partial charge >= 0.3 is 0 Å². The van der Waals surface area contributed by atoms with Gasteiger partial charge in [0.05, 0.1) is 46.6 Å². The van der Waals surface area contributed by atoms with E-state index in [9.17, 15) is 4.79 Å². The number of morpholine rings is 1. The van der Waals surface area contributed by atoms with Crippen LogP contribution in [0, 0.1) is 13.8 Å². The minimum Gasteiger partial charge on any atom is -0.379 e. The molecule has 2 aromatic heterocycles. The predicted octanol–water partition coefficient (Wildman–Crippen LogP) is 5.12. The molecule has 0 atom stereocenters. The number of para-hydroxylation sites is 1. The van der Waals surface area contributed by atoms with Crippen LogP contribution in [0.2, 0.25) is 5.02 Å². The molecule has 1 saturated heterocycles. The van der Waals surface area contributed by atoms with Crippen molar-refractivity contribution in [2.24, 2.45) is 0 Å². The fraction of sp³-hybridized carbons (Fsp3) is 0.346. The average Bonchev–Trinajstić information content (AvgIpc) is 3.46. The quantitative estimate of drug-likeness (QED) is 0.346. The second kappa shape index (κ2) is 10.5. The summed E-state index contributed by atoms with van der Waals surface area (Å²) < 4.78 is 8.25. The fourth-order valence-corrected chi connectivity index (χ4v) is 5.86. The lowest BCUT2D eigenvalue weighted by Gasteiger charge is -2.27. The van der Waals surface area contributed by atoms with E-state index in [1.807, 2.05) is 56.3 Å². The third-order valence-electron chi connectivity index (χ3n) is 6.32. The fourth-order valence-electron chi connectivity index (χ4n) is 4.41. The van der Waals surface area contributed by atoms with E-state index in [1.54, 1.807) is 15.8 Å². The Bertz CT molecular complexity index is 1330. The van der Waals surface area contributed by atoms with E-state index >= 15 is 0 Å². The zero-order chi connectivity index (χ0) is 24.4. The lowest BCUT2D eigenvalue weighted by molar-refractivity contribution is 0.0376. The van der Waals surface area contributed by atoms with E-state index in [0.29, 0.717) is 22.3 Å². The van der Waals surface area contributed by atoms with Crippen molar-refractivity contribution in [2.75, 3.05) is 44.3 Å². The highest BCUT2D eigenvalue weighted by atomic mass is 35.5. The number of aromatic nitrogens is 3. The van der Waals surface area contributed by atoms with Crippen molar-refractivity contribution >= 4 is 44.2 Å². The SMILES string of the molecule is Cc1cc(Cl)cc2sc(N(CCCN3CCOCC3)C(=O)c3cnn(-c4ccccc4)c3C)nc12. The zero-order valence-corrected chi connectivity index (χ0v) is 21.5. The highest BCUT2D eigenvalue weighted by Crippen LogP contribution is 2.34. The molecule has 0 bridgehead atoms.